The molecule has 1 aromatic heterocycles. The summed E-state index contributed by atoms with van der Waals surface area (Å²) in [4.78, 5) is 21.1. The fraction of sp³-hybridized carbons (Fsp3) is 0.625. The van der Waals surface area contributed by atoms with Crippen molar-refractivity contribution in [3.05, 3.63) is 24.2 Å². The molecule has 0 bridgehead atoms. The summed E-state index contributed by atoms with van der Waals surface area (Å²) >= 11 is 0. The molecular weight excluding hydrogens is 302 g/mol. The van der Waals surface area contributed by atoms with E-state index in [9.17, 15) is 9.59 Å². The van der Waals surface area contributed by atoms with Gasteiger partial charge in [0, 0.05) is 20.1 Å². The molecule has 7 heteroatoms. The summed E-state index contributed by atoms with van der Waals surface area (Å²) in [7, 11) is 2.88. The number of hydrogen-bond donors (Lipinski definition) is 1. The highest BCUT2D eigenvalue weighted by Gasteiger charge is 2.13. The van der Waals surface area contributed by atoms with Gasteiger partial charge in [-0.05, 0) is 39.3 Å². The molecule has 1 heterocycles. The van der Waals surface area contributed by atoms with Crippen molar-refractivity contribution in [3.63, 3.8) is 0 Å². The number of carbonyl (C=O) groups is 2. The molecule has 0 spiro atoms. The van der Waals surface area contributed by atoms with E-state index in [0.717, 1.165) is 18.6 Å². The van der Waals surface area contributed by atoms with E-state index in [1.165, 1.54) is 14.2 Å². The second kappa shape index (κ2) is 11.5. The second-order valence-corrected chi connectivity index (χ2v) is 5.56. The largest absolute Gasteiger partial charge is 0.469 e. The minimum Gasteiger partial charge on any atom is -0.469 e. The summed E-state index contributed by atoms with van der Waals surface area (Å²) in [6.07, 6.45) is 2.92. The smallest absolute Gasteiger partial charge is 0.407 e. The summed E-state index contributed by atoms with van der Waals surface area (Å²) in [5.74, 6) is 0.592. The maximum atomic E-state index is 10.6. The zero-order valence-electron chi connectivity index (χ0n) is 14.5. The van der Waals surface area contributed by atoms with Crippen molar-refractivity contribution in [2.75, 3.05) is 27.4 Å². The maximum Gasteiger partial charge on any atom is 0.407 e. The second-order valence-electron chi connectivity index (χ2n) is 5.56. The van der Waals surface area contributed by atoms with Crippen LogP contribution in [0.5, 0.6) is 0 Å². The van der Waals surface area contributed by atoms with Crippen molar-refractivity contribution in [3.8, 4) is 0 Å². The fourth-order valence-corrected chi connectivity index (χ4v) is 1.35. The van der Waals surface area contributed by atoms with Crippen LogP contribution in [0, 0.1) is 0 Å². The number of furan rings is 1. The number of alkyl carbamates (subject to hydrolysis) is 1. The topological polar surface area (TPSA) is 87.0 Å². The average molecular weight is 329 g/mol. The Labute approximate surface area is 137 Å². The molecule has 1 N–H and O–H groups in total. The molecule has 0 saturated heterocycles. The molecule has 0 aliphatic carbocycles. The van der Waals surface area contributed by atoms with E-state index in [1.54, 1.807) is 6.26 Å². The van der Waals surface area contributed by atoms with Gasteiger partial charge in [-0.25, -0.2) is 9.59 Å². The van der Waals surface area contributed by atoms with E-state index in [0.29, 0.717) is 6.61 Å². The van der Waals surface area contributed by atoms with Crippen LogP contribution in [0.2, 0.25) is 0 Å². The normalized spacial score (nSPS) is 10.3. The molecule has 1 rings (SSSR count). The SMILES string of the molecule is CNC(=O)OC(C)(C)C.COC(=O)COCCCc1ccco1. The third-order valence-electron chi connectivity index (χ3n) is 2.34. The van der Waals surface area contributed by atoms with E-state index >= 15 is 0 Å². The lowest BCUT2D eigenvalue weighted by atomic mass is 10.2. The molecule has 1 amide bonds. The lowest BCUT2D eigenvalue weighted by molar-refractivity contribution is -0.145. The number of nitrogens with one attached hydrogen (secondary N) is 1. The van der Waals surface area contributed by atoms with Crippen molar-refractivity contribution >= 4 is 12.1 Å². The zero-order valence-corrected chi connectivity index (χ0v) is 14.5. The van der Waals surface area contributed by atoms with Crippen LogP contribution in [0.4, 0.5) is 4.79 Å². The zero-order chi connectivity index (χ0) is 17.7. The first-order chi connectivity index (χ1) is 10.8. The van der Waals surface area contributed by atoms with Gasteiger partial charge in [0.05, 0.1) is 13.4 Å². The summed E-state index contributed by atoms with van der Waals surface area (Å²) in [6, 6.07) is 3.77. The van der Waals surface area contributed by atoms with Crippen LogP contribution in [0.15, 0.2) is 22.8 Å². The van der Waals surface area contributed by atoms with Crippen LogP contribution in [-0.4, -0.2) is 45.0 Å². The summed E-state index contributed by atoms with van der Waals surface area (Å²) in [5.41, 5.74) is -0.389. The van der Waals surface area contributed by atoms with Gasteiger partial charge in [0.1, 0.15) is 18.0 Å². The number of methoxy groups -OCH3 is 1. The number of esters is 1. The molecule has 0 atom stereocenters. The summed E-state index contributed by atoms with van der Waals surface area (Å²) in [6.45, 7) is 6.02. The molecule has 0 aromatic carbocycles. The Morgan fingerprint density at radius 3 is 2.43 bits per heavy atom. The highest BCUT2D eigenvalue weighted by Crippen LogP contribution is 2.05. The quantitative estimate of drug-likeness (QED) is 0.637. The Morgan fingerprint density at radius 1 is 1.30 bits per heavy atom. The van der Waals surface area contributed by atoms with E-state index in [2.05, 4.69) is 10.1 Å². The highest BCUT2D eigenvalue weighted by atomic mass is 16.6. The van der Waals surface area contributed by atoms with Gasteiger partial charge < -0.3 is 23.9 Å². The lowest BCUT2D eigenvalue weighted by Gasteiger charge is -2.18. The standard InChI is InChI=1S/C10H14O4.C6H13NO2/c1-12-10(11)8-13-6-2-4-9-5-3-7-14-9;1-6(2,3)9-5(8)7-4/h3,5,7H,2,4,6,8H2,1H3;1-4H3,(H,7,8). The molecule has 1 aromatic rings. The third kappa shape index (κ3) is 13.4. The molecular formula is C16H27NO6. The van der Waals surface area contributed by atoms with Crippen molar-refractivity contribution in [1.29, 1.82) is 0 Å². The van der Waals surface area contributed by atoms with E-state index < -0.39 is 0 Å². The number of hydrogen-bond acceptors (Lipinski definition) is 6. The number of rotatable bonds is 6. The van der Waals surface area contributed by atoms with Gasteiger partial charge in [0.2, 0.25) is 0 Å². The number of amides is 1. The molecule has 132 valence electrons. The van der Waals surface area contributed by atoms with Crippen molar-refractivity contribution in [2.24, 2.45) is 0 Å². The van der Waals surface area contributed by atoms with Gasteiger partial charge in [-0.1, -0.05) is 0 Å². The molecule has 7 nitrogen and oxygen atoms in total. The molecule has 0 aliphatic heterocycles. The number of carbonyl (C=O) groups excluding carboxylic acids is 2. The maximum absolute atomic E-state index is 10.6. The summed E-state index contributed by atoms with van der Waals surface area (Å²) in [5, 5.41) is 2.36. The Balaban J connectivity index is 0.000000468. The van der Waals surface area contributed by atoms with Crippen LogP contribution in [-0.2, 0) is 25.4 Å². The molecule has 0 saturated carbocycles. The predicted molar refractivity (Wildman–Crippen MR) is 85.2 cm³/mol. The average Bonchev–Trinajstić information content (AvgIpc) is 2.98. The summed E-state index contributed by atoms with van der Waals surface area (Å²) < 4.78 is 19.5. The van der Waals surface area contributed by atoms with Crippen LogP contribution in [0.3, 0.4) is 0 Å². The minimum absolute atomic E-state index is 0.0225. The highest BCUT2D eigenvalue weighted by molar-refractivity contribution is 5.70. The van der Waals surface area contributed by atoms with Crippen molar-refractivity contribution in [1.82, 2.24) is 5.32 Å². The van der Waals surface area contributed by atoms with E-state index in [4.69, 9.17) is 13.9 Å². The van der Waals surface area contributed by atoms with Crippen molar-refractivity contribution < 1.29 is 28.2 Å². The van der Waals surface area contributed by atoms with E-state index in [-0.39, 0.29) is 24.3 Å². The monoisotopic (exact) mass is 329 g/mol. The fourth-order valence-electron chi connectivity index (χ4n) is 1.35. The molecule has 0 aliphatic rings. The lowest BCUT2D eigenvalue weighted by Crippen LogP contribution is -2.30. The van der Waals surface area contributed by atoms with Crippen LogP contribution >= 0.6 is 0 Å². The predicted octanol–water partition coefficient (Wildman–Crippen LogP) is 2.54. The molecule has 0 fully saturated rings. The van der Waals surface area contributed by atoms with Crippen LogP contribution in [0.25, 0.3) is 0 Å². The van der Waals surface area contributed by atoms with Gasteiger partial charge in [0.25, 0.3) is 0 Å². The van der Waals surface area contributed by atoms with Crippen LogP contribution < -0.4 is 5.32 Å². The molecule has 0 radical (unpaired) electrons. The Morgan fingerprint density at radius 2 is 2.00 bits per heavy atom. The number of ether oxygens (including phenoxy) is 3. The van der Waals surface area contributed by atoms with Gasteiger partial charge in [-0.2, -0.15) is 0 Å². The number of aryl methyl sites for hydroxylation is 1. The first-order valence-electron chi connectivity index (χ1n) is 7.36. The third-order valence-corrected chi connectivity index (χ3v) is 2.34. The Bertz CT molecular complexity index is 436. The first-order valence-corrected chi connectivity index (χ1v) is 7.36. The Kier molecular flexibility index (Phi) is 10.5. The van der Waals surface area contributed by atoms with Gasteiger partial charge in [-0.15, -0.1) is 0 Å². The van der Waals surface area contributed by atoms with Crippen molar-refractivity contribution in [2.45, 2.75) is 39.2 Å². The Hall–Kier alpha value is -2.02. The van der Waals surface area contributed by atoms with Gasteiger partial charge in [0.15, 0.2) is 0 Å². The first kappa shape index (κ1) is 21.0. The van der Waals surface area contributed by atoms with Gasteiger partial charge in [-0.3, -0.25) is 0 Å². The molecule has 0 unspecified atom stereocenters. The molecule has 23 heavy (non-hydrogen) atoms. The van der Waals surface area contributed by atoms with E-state index in [1.807, 2.05) is 32.9 Å². The van der Waals surface area contributed by atoms with Crippen LogP contribution in [0.1, 0.15) is 33.0 Å². The van der Waals surface area contributed by atoms with Gasteiger partial charge >= 0.3 is 12.1 Å². The minimum atomic E-state index is -0.389.